The maximum atomic E-state index is 11.4. The molecule has 22 heavy (non-hydrogen) atoms. The van der Waals surface area contributed by atoms with Crippen LogP contribution in [0.1, 0.15) is 66.2 Å². The Kier molecular flexibility index (Phi) is 15.2. The molecule has 0 fully saturated rings. The van der Waals surface area contributed by atoms with E-state index in [1.807, 2.05) is 0 Å². The highest BCUT2D eigenvalue weighted by molar-refractivity contribution is 5.86. The number of hydrogen-bond donors (Lipinski definition) is 0. The number of quaternary nitrogens is 1. The van der Waals surface area contributed by atoms with E-state index in [-0.39, 0.29) is 18.4 Å². The largest absolute Gasteiger partial charge is 1.00 e. The van der Waals surface area contributed by atoms with Crippen molar-refractivity contribution in [1.82, 2.24) is 0 Å². The molecule has 0 N–H and O–H groups in total. The monoisotopic (exact) mass is 333 g/mol. The van der Waals surface area contributed by atoms with Crippen molar-refractivity contribution in [2.45, 2.75) is 66.2 Å². The topological polar surface area (TPSA) is 26.3 Å². The predicted octanol–water partition coefficient (Wildman–Crippen LogP) is 1.33. The van der Waals surface area contributed by atoms with E-state index in [2.05, 4.69) is 27.4 Å². The highest BCUT2D eigenvalue weighted by atomic mass is 35.5. The van der Waals surface area contributed by atoms with Crippen molar-refractivity contribution in [1.29, 1.82) is 0 Å². The number of halogens is 1. The SMILES string of the molecule is C=C(C)C(=O)OCC[N+](CC)(CC)CCCCCCCC.[Cl-]. The predicted molar refractivity (Wildman–Crippen MR) is 90.2 cm³/mol. The highest BCUT2D eigenvalue weighted by Crippen LogP contribution is 2.12. The zero-order valence-corrected chi connectivity index (χ0v) is 15.9. The molecular formula is C18H36ClNO2. The molecule has 0 aliphatic rings. The minimum atomic E-state index is -0.264. The highest BCUT2D eigenvalue weighted by Gasteiger charge is 2.23. The molecule has 0 aromatic heterocycles. The van der Waals surface area contributed by atoms with Gasteiger partial charge < -0.3 is 21.6 Å². The summed E-state index contributed by atoms with van der Waals surface area (Å²) in [7, 11) is 0. The minimum Gasteiger partial charge on any atom is -1.00 e. The Bertz CT molecular complexity index is 301. The number of nitrogens with zero attached hydrogens (tertiary/aromatic N) is 1. The summed E-state index contributed by atoms with van der Waals surface area (Å²) in [5.41, 5.74) is 0.483. The van der Waals surface area contributed by atoms with Crippen molar-refractivity contribution in [2.75, 3.05) is 32.8 Å². The number of esters is 1. The summed E-state index contributed by atoms with van der Waals surface area (Å²) >= 11 is 0. The number of rotatable bonds is 13. The fourth-order valence-electron chi connectivity index (χ4n) is 2.65. The van der Waals surface area contributed by atoms with Crippen LogP contribution in [0.5, 0.6) is 0 Å². The van der Waals surface area contributed by atoms with Crippen molar-refractivity contribution < 1.29 is 26.4 Å². The number of hydrogen-bond acceptors (Lipinski definition) is 2. The Morgan fingerprint density at radius 2 is 1.50 bits per heavy atom. The quantitative estimate of drug-likeness (QED) is 0.220. The molecule has 0 heterocycles. The van der Waals surface area contributed by atoms with E-state index in [9.17, 15) is 4.79 Å². The van der Waals surface area contributed by atoms with Crippen LogP contribution >= 0.6 is 0 Å². The molecule has 0 spiro atoms. The third kappa shape index (κ3) is 10.2. The number of ether oxygens (including phenoxy) is 1. The van der Waals surface area contributed by atoms with Crippen LogP contribution in [0, 0.1) is 0 Å². The van der Waals surface area contributed by atoms with Crippen LogP contribution in [-0.4, -0.2) is 43.2 Å². The lowest BCUT2D eigenvalue weighted by molar-refractivity contribution is -0.925. The molecule has 0 unspecified atom stereocenters. The van der Waals surface area contributed by atoms with Crippen molar-refractivity contribution in [2.24, 2.45) is 0 Å². The van der Waals surface area contributed by atoms with Crippen LogP contribution in [0.15, 0.2) is 12.2 Å². The second-order valence-electron chi connectivity index (χ2n) is 6.11. The average molecular weight is 334 g/mol. The Morgan fingerprint density at radius 1 is 0.955 bits per heavy atom. The molecule has 0 aliphatic carbocycles. The van der Waals surface area contributed by atoms with Crippen LogP contribution in [-0.2, 0) is 9.53 Å². The molecule has 0 amide bonds. The van der Waals surface area contributed by atoms with Crippen LogP contribution in [0.25, 0.3) is 0 Å². The number of carbonyl (C=O) groups is 1. The first-order valence-electron chi connectivity index (χ1n) is 8.69. The second kappa shape index (κ2) is 14.1. The smallest absolute Gasteiger partial charge is 0.333 e. The third-order valence-corrected chi connectivity index (χ3v) is 4.47. The van der Waals surface area contributed by atoms with Gasteiger partial charge in [-0.05, 0) is 33.6 Å². The lowest BCUT2D eigenvalue weighted by Gasteiger charge is -2.36. The van der Waals surface area contributed by atoms with Gasteiger partial charge in [0.05, 0.1) is 19.6 Å². The summed E-state index contributed by atoms with van der Waals surface area (Å²) in [5.74, 6) is -0.264. The summed E-state index contributed by atoms with van der Waals surface area (Å²) in [5, 5.41) is 0. The first-order valence-corrected chi connectivity index (χ1v) is 8.69. The van der Waals surface area contributed by atoms with Gasteiger partial charge in [0.1, 0.15) is 13.2 Å². The van der Waals surface area contributed by atoms with E-state index < -0.39 is 0 Å². The van der Waals surface area contributed by atoms with Crippen LogP contribution in [0.2, 0.25) is 0 Å². The van der Waals surface area contributed by atoms with Gasteiger partial charge in [0.2, 0.25) is 0 Å². The zero-order chi connectivity index (χ0) is 16.1. The molecule has 0 atom stereocenters. The Morgan fingerprint density at radius 3 is 2.00 bits per heavy atom. The number of likely N-dealkylation sites (N-methyl/N-ethyl adjacent to an activating group) is 1. The summed E-state index contributed by atoms with van der Waals surface area (Å²) in [6, 6.07) is 0. The first kappa shape index (κ1) is 23.7. The van der Waals surface area contributed by atoms with Crippen molar-refractivity contribution in [3.8, 4) is 0 Å². The fraction of sp³-hybridized carbons (Fsp3) is 0.833. The van der Waals surface area contributed by atoms with E-state index in [4.69, 9.17) is 4.74 Å². The first-order chi connectivity index (χ1) is 10.0. The minimum absolute atomic E-state index is 0. The van der Waals surface area contributed by atoms with Gasteiger partial charge in [-0.25, -0.2) is 4.79 Å². The molecule has 132 valence electrons. The van der Waals surface area contributed by atoms with Gasteiger partial charge in [0, 0.05) is 5.57 Å². The normalized spacial score (nSPS) is 10.9. The fourth-order valence-corrected chi connectivity index (χ4v) is 2.65. The molecular weight excluding hydrogens is 298 g/mol. The lowest BCUT2D eigenvalue weighted by atomic mass is 10.1. The Hall–Kier alpha value is -0.540. The molecule has 3 nitrogen and oxygen atoms in total. The van der Waals surface area contributed by atoms with E-state index in [0.717, 1.165) is 24.1 Å². The van der Waals surface area contributed by atoms with Gasteiger partial charge >= 0.3 is 5.97 Å². The van der Waals surface area contributed by atoms with E-state index in [1.54, 1.807) is 6.92 Å². The molecule has 0 saturated heterocycles. The summed E-state index contributed by atoms with van der Waals surface area (Å²) in [4.78, 5) is 11.4. The molecule has 0 bridgehead atoms. The molecule has 0 aliphatic heterocycles. The summed E-state index contributed by atoms with van der Waals surface area (Å²) in [6.07, 6.45) is 7.98. The van der Waals surface area contributed by atoms with Crippen LogP contribution in [0.4, 0.5) is 0 Å². The zero-order valence-electron chi connectivity index (χ0n) is 15.1. The van der Waals surface area contributed by atoms with Gasteiger partial charge in [0.15, 0.2) is 0 Å². The average Bonchev–Trinajstić information content (AvgIpc) is 2.48. The van der Waals surface area contributed by atoms with E-state index >= 15 is 0 Å². The Labute approximate surface area is 144 Å². The van der Waals surface area contributed by atoms with Crippen LogP contribution in [0.3, 0.4) is 0 Å². The molecule has 0 radical (unpaired) electrons. The summed E-state index contributed by atoms with van der Waals surface area (Å²) < 4.78 is 6.32. The van der Waals surface area contributed by atoms with Crippen LogP contribution < -0.4 is 12.4 Å². The van der Waals surface area contributed by atoms with Gasteiger partial charge in [-0.2, -0.15) is 0 Å². The maximum Gasteiger partial charge on any atom is 0.333 e. The van der Waals surface area contributed by atoms with Gasteiger partial charge in [-0.3, -0.25) is 0 Å². The van der Waals surface area contributed by atoms with Crippen molar-refractivity contribution in [3.05, 3.63) is 12.2 Å². The van der Waals surface area contributed by atoms with E-state index in [0.29, 0.717) is 12.2 Å². The molecule has 0 saturated carbocycles. The molecule has 0 aromatic carbocycles. The molecule has 0 aromatic rings. The molecule has 4 heteroatoms. The van der Waals surface area contributed by atoms with E-state index in [1.165, 1.54) is 45.1 Å². The summed E-state index contributed by atoms with van der Waals surface area (Å²) in [6.45, 7) is 16.9. The molecule has 0 rings (SSSR count). The van der Waals surface area contributed by atoms with Crippen molar-refractivity contribution in [3.63, 3.8) is 0 Å². The number of unbranched alkanes of at least 4 members (excludes halogenated alkanes) is 5. The third-order valence-electron chi connectivity index (χ3n) is 4.47. The lowest BCUT2D eigenvalue weighted by Crippen LogP contribution is -3.00. The number of carbonyl (C=O) groups excluding carboxylic acids is 1. The van der Waals surface area contributed by atoms with Crippen molar-refractivity contribution >= 4 is 5.97 Å². The van der Waals surface area contributed by atoms with Gasteiger partial charge in [0.25, 0.3) is 0 Å². The Balaban J connectivity index is 0. The maximum absolute atomic E-state index is 11.4. The van der Waals surface area contributed by atoms with Gasteiger partial charge in [-0.1, -0.05) is 39.2 Å². The van der Waals surface area contributed by atoms with Gasteiger partial charge in [-0.15, -0.1) is 0 Å². The second-order valence-corrected chi connectivity index (χ2v) is 6.11. The standard InChI is InChI=1S/C18H36NO2.ClH/c1-6-9-10-11-12-13-14-19(7-2,8-3)15-16-21-18(20)17(4)5;/h4,6-16H2,1-3,5H3;1H/q+1;/p-1.